The van der Waals surface area contributed by atoms with Crippen LogP contribution in [0.5, 0.6) is 0 Å². The van der Waals surface area contributed by atoms with E-state index < -0.39 is 10.0 Å². The van der Waals surface area contributed by atoms with Crippen LogP contribution in [0.4, 0.5) is 10.1 Å². The third-order valence-corrected chi connectivity index (χ3v) is 5.92. The average Bonchev–Trinajstić information content (AvgIpc) is 3.15. The zero-order valence-electron chi connectivity index (χ0n) is 14.0. The van der Waals surface area contributed by atoms with Gasteiger partial charge in [0.25, 0.3) is 10.0 Å². The molecule has 0 unspecified atom stereocenters. The van der Waals surface area contributed by atoms with Gasteiger partial charge in [0.2, 0.25) is 0 Å². The molecule has 0 amide bonds. The first kappa shape index (κ1) is 17.9. The van der Waals surface area contributed by atoms with E-state index in [0.717, 1.165) is 25.1 Å². The van der Waals surface area contributed by atoms with Crippen molar-refractivity contribution in [2.45, 2.75) is 30.1 Å². The lowest BCUT2D eigenvalue weighted by atomic mass is 9.98. The monoisotopic (exact) mass is 362 g/mol. The summed E-state index contributed by atoms with van der Waals surface area (Å²) in [7, 11) is -3.62. The van der Waals surface area contributed by atoms with E-state index in [-0.39, 0.29) is 11.6 Å². The van der Waals surface area contributed by atoms with E-state index in [1.165, 1.54) is 5.56 Å². The molecule has 1 atom stereocenters. The lowest BCUT2D eigenvalue weighted by molar-refractivity contribution is 0.473. The lowest BCUT2D eigenvalue weighted by Gasteiger charge is -2.12. The van der Waals surface area contributed by atoms with Crippen LogP contribution in [0.1, 0.15) is 29.9 Å². The van der Waals surface area contributed by atoms with Gasteiger partial charge >= 0.3 is 0 Å². The Morgan fingerprint density at radius 2 is 1.80 bits per heavy atom. The van der Waals surface area contributed by atoms with Gasteiger partial charge < -0.3 is 5.32 Å². The maximum Gasteiger partial charge on any atom is 0.261 e. The number of benzene rings is 2. The van der Waals surface area contributed by atoms with Crippen LogP contribution in [-0.4, -0.2) is 28.2 Å². The Bertz CT molecular complexity index is 783. The van der Waals surface area contributed by atoms with Crippen LogP contribution in [0.15, 0.2) is 53.4 Å². The van der Waals surface area contributed by atoms with Gasteiger partial charge in [0.05, 0.1) is 11.6 Å². The fraction of sp³-hybridized carbons (Fsp3) is 0.368. The van der Waals surface area contributed by atoms with Crippen molar-refractivity contribution < 1.29 is 12.8 Å². The molecule has 1 saturated heterocycles. The van der Waals surface area contributed by atoms with Gasteiger partial charge in [-0.1, -0.05) is 24.3 Å². The van der Waals surface area contributed by atoms with E-state index in [1.807, 2.05) is 12.1 Å². The Labute approximate surface area is 148 Å². The summed E-state index contributed by atoms with van der Waals surface area (Å²) in [4.78, 5) is 0.209. The van der Waals surface area contributed by atoms with Crippen LogP contribution < -0.4 is 10.0 Å². The number of aryl methyl sites for hydroxylation is 1. The smallest absolute Gasteiger partial charge is 0.261 e. The standard InChI is InChI=1S/C19H23FN2O2S/c20-12-1-2-15-3-9-19(10-4-15)25(23,24)22-18-7-5-16(6-8-18)17-11-13-21-14-17/h3-10,17,21-22H,1-2,11-14H2/t17-/m1/s1. The summed E-state index contributed by atoms with van der Waals surface area (Å²) >= 11 is 0. The van der Waals surface area contributed by atoms with Crippen LogP contribution in [0.25, 0.3) is 0 Å². The first-order valence-corrected chi connectivity index (χ1v) is 10.1. The van der Waals surface area contributed by atoms with Gasteiger partial charge in [-0.3, -0.25) is 9.11 Å². The van der Waals surface area contributed by atoms with Crippen LogP contribution in [0, 0.1) is 0 Å². The minimum absolute atomic E-state index is 0.209. The Balaban J connectivity index is 1.68. The molecule has 3 rings (SSSR count). The average molecular weight is 362 g/mol. The van der Waals surface area contributed by atoms with E-state index in [1.54, 1.807) is 36.4 Å². The minimum atomic E-state index is -3.62. The summed E-state index contributed by atoms with van der Waals surface area (Å²) in [6.45, 7) is 1.63. The number of anilines is 1. The summed E-state index contributed by atoms with van der Waals surface area (Å²) in [5, 5.41) is 3.33. The molecule has 0 saturated carbocycles. The van der Waals surface area contributed by atoms with Gasteiger partial charge in [0.1, 0.15) is 0 Å². The highest BCUT2D eigenvalue weighted by Gasteiger charge is 2.17. The third-order valence-electron chi connectivity index (χ3n) is 4.53. The topological polar surface area (TPSA) is 58.2 Å². The first-order valence-electron chi connectivity index (χ1n) is 8.57. The van der Waals surface area contributed by atoms with Gasteiger partial charge in [-0.25, -0.2) is 8.42 Å². The maximum absolute atomic E-state index is 12.5. The molecule has 6 heteroatoms. The number of rotatable bonds is 7. The Kier molecular flexibility index (Phi) is 5.71. The summed E-state index contributed by atoms with van der Waals surface area (Å²) in [6, 6.07) is 14.2. The number of sulfonamides is 1. The van der Waals surface area contributed by atoms with E-state index in [2.05, 4.69) is 10.0 Å². The highest BCUT2D eigenvalue weighted by atomic mass is 32.2. The SMILES string of the molecule is O=S(=O)(Nc1ccc([C@@H]2CCNC2)cc1)c1ccc(CCCF)cc1. The number of hydrogen-bond donors (Lipinski definition) is 2. The van der Waals surface area contributed by atoms with Gasteiger partial charge in [0, 0.05) is 12.2 Å². The molecule has 0 spiro atoms. The number of hydrogen-bond acceptors (Lipinski definition) is 3. The van der Waals surface area contributed by atoms with Crippen LogP contribution in [0.2, 0.25) is 0 Å². The fourth-order valence-electron chi connectivity index (χ4n) is 3.08. The van der Waals surface area contributed by atoms with Crippen molar-refractivity contribution in [3.8, 4) is 0 Å². The second-order valence-electron chi connectivity index (χ2n) is 6.35. The van der Waals surface area contributed by atoms with E-state index in [4.69, 9.17) is 0 Å². The molecular formula is C19H23FN2O2S. The number of halogens is 1. The van der Waals surface area contributed by atoms with E-state index in [9.17, 15) is 12.8 Å². The van der Waals surface area contributed by atoms with Crippen molar-refractivity contribution >= 4 is 15.7 Å². The minimum Gasteiger partial charge on any atom is -0.316 e. The highest BCUT2D eigenvalue weighted by Crippen LogP contribution is 2.24. The Morgan fingerprint density at radius 3 is 2.40 bits per heavy atom. The third kappa shape index (κ3) is 4.58. The number of nitrogens with one attached hydrogen (secondary N) is 2. The molecule has 25 heavy (non-hydrogen) atoms. The second-order valence-corrected chi connectivity index (χ2v) is 8.04. The van der Waals surface area contributed by atoms with Crippen LogP contribution in [0.3, 0.4) is 0 Å². The summed E-state index contributed by atoms with van der Waals surface area (Å²) < 4.78 is 39.8. The van der Waals surface area contributed by atoms with Crippen molar-refractivity contribution in [3.63, 3.8) is 0 Å². The molecule has 4 nitrogen and oxygen atoms in total. The predicted octanol–water partition coefficient (Wildman–Crippen LogP) is 3.47. The fourth-order valence-corrected chi connectivity index (χ4v) is 4.14. The van der Waals surface area contributed by atoms with Crippen molar-refractivity contribution in [3.05, 3.63) is 59.7 Å². The van der Waals surface area contributed by atoms with Crippen molar-refractivity contribution in [2.24, 2.45) is 0 Å². The molecule has 2 aromatic rings. The van der Waals surface area contributed by atoms with Crippen molar-refractivity contribution in [1.29, 1.82) is 0 Å². The zero-order valence-corrected chi connectivity index (χ0v) is 14.9. The molecule has 1 aliphatic heterocycles. The van der Waals surface area contributed by atoms with Crippen molar-refractivity contribution in [1.82, 2.24) is 5.32 Å². The van der Waals surface area contributed by atoms with Crippen LogP contribution >= 0.6 is 0 Å². The molecule has 2 aromatic carbocycles. The summed E-state index contributed by atoms with van der Waals surface area (Å²) in [5.74, 6) is 0.502. The first-order chi connectivity index (χ1) is 12.1. The molecule has 1 heterocycles. The Hall–Kier alpha value is -1.92. The van der Waals surface area contributed by atoms with Gasteiger partial charge in [-0.2, -0.15) is 0 Å². The maximum atomic E-state index is 12.5. The van der Waals surface area contributed by atoms with E-state index in [0.29, 0.717) is 24.4 Å². The largest absolute Gasteiger partial charge is 0.316 e. The predicted molar refractivity (Wildman–Crippen MR) is 98.2 cm³/mol. The van der Waals surface area contributed by atoms with Gasteiger partial charge in [-0.05, 0) is 67.1 Å². The molecule has 134 valence electrons. The summed E-state index contributed by atoms with van der Waals surface area (Å²) in [5.41, 5.74) is 2.72. The quantitative estimate of drug-likeness (QED) is 0.793. The van der Waals surface area contributed by atoms with Gasteiger partial charge in [-0.15, -0.1) is 0 Å². The molecule has 0 bridgehead atoms. The second kappa shape index (κ2) is 7.97. The Morgan fingerprint density at radius 1 is 1.08 bits per heavy atom. The molecule has 2 N–H and O–H groups in total. The van der Waals surface area contributed by atoms with Gasteiger partial charge in [0.15, 0.2) is 0 Å². The highest BCUT2D eigenvalue weighted by molar-refractivity contribution is 7.92. The molecule has 0 aromatic heterocycles. The molecule has 1 fully saturated rings. The summed E-state index contributed by atoms with van der Waals surface area (Å²) in [6.07, 6.45) is 2.18. The number of alkyl halides is 1. The van der Waals surface area contributed by atoms with Crippen LogP contribution in [-0.2, 0) is 16.4 Å². The van der Waals surface area contributed by atoms with Crippen molar-refractivity contribution in [2.75, 3.05) is 24.5 Å². The molecule has 0 aliphatic carbocycles. The molecular weight excluding hydrogens is 339 g/mol. The molecule has 0 radical (unpaired) electrons. The lowest BCUT2D eigenvalue weighted by Crippen LogP contribution is -2.13. The molecule has 1 aliphatic rings. The van der Waals surface area contributed by atoms with E-state index >= 15 is 0 Å². The zero-order chi connectivity index (χ0) is 17.7. The normalized spacial score (nSPS) is 17.6.